The highest BCUT2D eigenvalue weighted by Gasteiger charge is 2.48. The van der Waals surface area contributed by atoms with Crippen molar-refractivity contribution in [2.75, 3.05) is 13.6 Å². The normalized spacial score (nSPS) is 42.5. The van der Waals surface area contributed by atoms with Crippen LogP contribution in [0.2, 0.25) is 0 Å². The molecule has 1 heterocycles. The molecular weight excluding hydrogens is 320 g/mol. The molecule has 0 aromatic heterocycles. The second-order valence-electron chi connectivity index (χ2n) is 10.0. The van der Waals surface area contributed by atoms with Crippen molar-refractivity contribution < 1.29 is 9.69 Å². The fourth-order valence-corrected chi connectivity index (χ4v) is 7.03. The molecule has 4 fully saturated rings. The summed E-state index contributed by atoms with van der Waals surface area (Å²) in [5.41, 5.74) is 0. The Kier molecular flexibility index (Phi) is 6.05. The van der Waals surface area contributed by atoms with Gasteiger partial charge in [-0.05, 0) is 57.4 Å². The molecule has 1 aliphatic heterocycles. The summed E-state index contributed by atoms with van der Waals surface area (Å²) in [6, 6.07) is 1.44. The molecule has 4 aliphatic rings. The zero-order valence-corrected chi connectivity index (χ0v) is 17.2. The van der Waals surface area contributed by atoms with Crippen molar-refractivity contribution in [3.63, 3.8) is 0 Å². The van der Waals surface area contributed by atoms with Gasteiger partial charge >= 0.3 is 0 Å². The molecule has 4 rings (SSSR count). The average Bonchev–Trinajstić information content (AvgIpc) is 2.94. The lowest BCUT2D eigenvalue weighted by Crippen LogP contribution is -3.18. The van der Waals surface area contributed by atoms with Crippen molar-refractivity contribution in [3.05, 3.63) is 0 Å². The molecule has 4 atom stereocenters. The number of nitrogens with zero attached hydrogens (tertiary/aromatic N) is 1. The Morgan fingerprint density at radius 3 is 2.19 bits per heavy atom. The Labute approximate surface area is 160 Å². The molecule has 0 amide bonds. The van der Waals surface area contributed by atoms with Crippen LogP contribution in [-0.2, 0) is 4.79 Å². The molecule has 0 spiro atoms. The molecule has 0 radical (unpaired) electrons. The molecule has 3 nitrogen and oxygen atoms in total. The lowest BCUT2D eigenvalue weighted by molar-refractivity contribution is -0.932. The predicted molar refractivity (Wildman–Crippen MR) is 106 cm³/mol. The highest BCUT2D eigenvalue weighted by molar-refractivity contribution is 5.82. The first kappa shape index (κ1) is 18.9. The van der Waals surface area contributed by atoms with Crippen molar-refractivity contribution in [1.29, 1.82) is 0 Å². The van der Waals surface area contributed by atoms with E-state index in [1.807, 2.05) is 0 Å². The third-order valence-electron chi connectivity index (χ3n) is 8.80. The summed E-state index contributed by atoms with van der Waals surface area (Å²) >= 11 is 0. The number of hydrogen-bond donors (Lipinski definition) is 1. The second-order valence-corrected chi connectivity index (χ2v) is 10.0. The van der Waals surface area contributed by atoms with E-state index < -0.39 is 0 Å². The number of ketones is 1. The van der Waals surface area contributed by atoms with Crippen LogP contribution in [0.5, 0.6) is 0 Å². The first-order valence-corrected chi connectivity index (χ1v) is 11.8. The fourth-order valence-electron chi connectivity index (χ4n) is 7.03. The molecule has 1 saturated heterocycles. The van der Waals surface area contributed by atoms with Gasteiger partial charge in [0, 0.05) is 19.3 Å². The molecule has 3 heteroatoms. The summed E-state index contributed by atoms with van der Waals surface area (Å²) in [4.78, 5) is 17.3. The second kappa shape index (κ2) is 8.31. The molecule has 148 valence electrons. The van der Waals surface area contributed by atoms with Crippen molar-refractivity contribution in [3.8, 4) is 0 Å². The first-order valence-electron chi connectivity index (χ1n) is 11.8. The molecule has 3 saturated carbocycles. The number of carbonyl (C=O) groups is 1. The van der Waals surface area contributed by atoms with E-state index in [4.69, 9.17) is 0 Å². The summed E-state index contributed by atoms with van der Waals surface area (Å²) in [5.74, 6) is 2.89. The van der Waals surface area contributed by atoms with Crippen LogP contribution in [0, 0.1) is 17.8 Å². The molecule has 0 aromatic carbocycles. The lowest BCUT2D eigenvalue weighted by Gasteiger charge is -2.36. The topological polar surface area (TPSA) is 24.8 Å². The van der Waals surface area contributed by atoms with E-state index in [1.54, 1.807) is 4.90 Å². The van der Waals surface area contributed by atoms with Gasteiger partial charge in [-0.2, -0.15) is 0 Å². The Morgan fingerprint density at radius 1 is 0.846 bits per heavy atom. The minimum absolute atomic E-state index is 0.377. The van der Waals surface area contributed by atoms with Gasteiger partial charge in [0.25, 0.3) is 0 Å². The van der Waals surface area contributed by atoms with Gasteiger partial charge in [-0.3, -0.25) is 4.79 Å². The maximum absolute atomic E-state index is 13.1. The number of Topliss-reactive ketones (excluding diaryl/α,β-unsaturated/α-hetero) is 1. The van der Waals surface area contributed by atoms with Crippen LogP contribution in [-0.4, -0.2) is 42.5 Å². The van der Waals surface area contributed by atoms with Crippen LogP contribution in [0.3, 0.4) is 0 Å². The van der Waals surface area contributed by atoms with Crippen LogP contribution < -0.4 is 4.90 Å². The van der Waals surface area contributed by atoms with E-state index in [0.29, 0.717) is 23.9 Å². The average molecular weight is 362 g/mol. The number of carbonyl (C=O) groups excluding carboxylic acids is 1. The van der Waals surface area contributed by atoms with Gasteiger partial charge in [-0.15, -0.1) is 0 Å². The smallest absolute Gasteiger partial charge is 0.189 e. The van der Waals surface area contributed by atoms with Gasteiger partial charge in [-0.1, -0.05) is 38.5 Å². The van der Waals surface area contributed by atoms with Gasteiger partial charge in [0.2, 0.25) is 0 Å². The van der Waals surface area contributed by atoms with E-state index in [-0.39, 0.29) is 0 Å². The van der Waals surface area contributed by atoms with Crippen LogP contribution >= 0.6 is 0 Å². The van der Waals surface area contributed by atoms with Gasteiger partial charge in [0.1, 0.15) is 18.8 Å². The van der Waals surface area contributed by atoms with Crippen molar-refractivity contribution >= 4 is 5.78 Å². The SMILES string of the molecule is CC1N(C)C2CCCCC2[NH+]1CC(=O)C1CCC(C2CCCCC2)CC1. The number of hydrogen-bond acceptors (Lipinski definition) is 2. The standard InChI is InChI=1S/C23H40N2O/c1-17-24(2)21-10-6-7-11-22(21)25(17)16-23(26)20-14-12-19(13-15-20)18-8-4-3-5-9-18/h17-22H,3-16H2,1-2H3/p+1. The molecule has 3 aliphatic carbocycles. The molecular formula is C23H41N2O+. The van der Waals surface area contributed by atoms with E-state index in [0.717, 1.165) is 24.4 Å². The number of rotatable bonds is 4. The van der Waals surface area contributed by atoms with Crippen LogP contribution in [0.4, 0.5) is 0 Å². The molecule has 0 bridgehead atoms. The van der Waals surface area contributed by atoms with Crippen LogP contribution in [0.15, 0.2) is 0 Å². The summed E-state index contributed by atoms with van der Waals surface area (Å²) in [6.07, 6.45) is 18.3. The van der Waals surface area contributed by atoms with E-state index >= 15 is 0 Å². The molecule has 26 heavy (non-hydrogen) atoms. The summed E-state index contributed by atoms with van der Waals surface area (Å²) < 4.78 is 0. The molecule has 4 unspecified atom stereocenters. The quantitative estimate of drug-likeness (QED) is 0.830. The van der Waals surface area contributed by atoms with E-state index in [2.05, 4.69) is 18.9 Å². The number of quaternary nitrogens is 1. The van der Waals surface area contributed by atoms with Crippen LogP contribution in [0.1, 0.15) is 90.4 Å². The zero-order chi connectivity index (χ0) is 18.1. The van der Waals surface area contributed by atoms with Crippen molar-refractivity contribution in [1.82, 2.24) is 4.90 Å². The van der Waals surface area contributed by atoms with Crippen molar-refractivity contribution in [2.45, 2.75) is 109 Å². The Bertz CT molecular complexity index is 479. The highest BCUT2D eigenvalue weighted by atomic mass is 16.1. The van der Waals surface area contributed by atoms with Crippen LogP contribution in [0.25, 0.3) is 0 Å². The van der Waals surface area contributed by atoms with Gasteiger partial charge in [0.15, 0.2) is 5.78 Å². The fraction of sp³-hybridized carbons (Fsp3) is 0.957. The zero-order valence-electron chi connectivity index (χ0n) is 17.2. The monoisotopic (exact) mass is 361 g/mol. The maximum atomic E-state index is 13.1. The minimum Gasteiger partial charge on any atom is -0.310 e. The van der Waals surface area contributed by atoms with Gasteiger partial charge in [-0.25, -0.2) is 4.90 Å². The Morgan fingerprint density at radius 2 is 1.46 bits per heavy atom. The molecule has 1 N–H and O–H groups in total. The summed E-state index contributed by atoms with van der Waals surface area (Å²) in [7, 11) is 2.29. The number of fused-ring (bicyclic) bond motifs is 1. The van der Waals surface area contributed by atoms with Crippen molar-refractivity contribution in [2.24, 2.45) is 17.8 Å². The third-order valence-corrected chi connectivity index (χ3v) is 8.80. The largest absolute Gasteiger partial charge is 0.310 e. The van der Waals surface area contributed by atoms with E-state index in [9.17, 15) is 4.79 Å². The number of nitrogens with one attached hydrogen (secondary N) is 1. The molecule has 0 aromatic rings. The van der Waals surface area contributed by atoms with Gasteiger partial charge in [0.05, 0.1) is 6.04 Å². The first-order chi connectivity index (χ1) is 12.6. The number of likely N-dealkylation sites (N-methyl/N-ethyl adjacent to an activating group) is 1. The predicted octanol–water partition coefficient (Wildman–Crippen LogP) is 3.43. The van der Waals surface area contributed by atoms with E-state index in [1.165, 1.54) is 83.5 Å². The Balaban J connectivity index is 1.30. The maximum Gasteiger partial charge on any atom is 0.189 e. The summed E-state index contributed by atoms with van der Waals surface area (Å²) in [5, 5.41) is 0. The minimum atomic E-state index is 0.377. The third kappa shape index (κ3) is 3.76. The van der Waals surface area contributed by atoms with Gasteiger partial charge < -0.3 is 4.90 Å². The lowest BCUT2D eigenvalue weighted by atomic mass is 9.70. The summed E-state index contributed by atoms with van der Waals surface area (Å²) in [6.45, 7) is 3.15. The highest BCUT2D eigenvalue weighted by Crippen LogP contribution is 2.40. The Hall–Kier alpha value is -0.410.